The van der Waals surface area contributed by atoms with Gasteiger partial charge in [0.2, 0.25) is 11.8 Å². The van der Waals surface area contributed by atoms with E-state index in [1.54, 1.807) is 0 Å². The Balaban J connectivity index is 1.58. The molecular formula is C25H33N3O2. The first-order valence-electron chi connectivity index (χ1n) is 10.7. The van der Waals surface area contributed by atoms with E-state index in [1.165, 1.54) is 11.1 Å². The molecule has 2 N–H and O–H groups in total. The smallest absolute Gasteiger partial charge is 0.228 e. The van der Waals surface area contributed by atoms with E-state index in [-0.39, 0.29) is 23.8 Å². The number of amides is 2. The molecule has 5 nitrogen and oxygen atoms in total. The van der Waals surface area contributed by atoms with Gasteiger partial charge in [0.15, 0.2) is 0 Å². The van der Waals surface area contributed by atoms with Crippen LogP contribution in [0.5, 0.6) is 0 Å². The molecule has 5 heteroatoms. The number of anilines is 1. The maximum Gasteiger partial charge on any atom is 0.228 e. The number of nitrogens with zero attached hydrogens (tertiary/aromatic N) is 1. The van der Waals surface area contributed by atoms with Crippen LogP contribution in [0.3, 0.4) is 0 Å². The van der Waals surface area contributed by atoms with Gasteiger partial charge in [0.05, 0.1) is 6.42 Å². The van der Waals surface area contributed by atoms with Crippen molar-refractivity contribution < 1.29 is 9.59 Å². The molecule has 2 atom stereocenters. The van der Waals surface area contributed by atoms with Crippen molar-refractivity contribution >= 4 is 17.5 Å². The summed E-state index contributed by atoms with van der Waals surface area (Å²) in [6.07, 6.45) is 1.76. The fraction of sp³-hybridized carbons (Fsp3) is 0.440. The van der Waals surface area contributed by atoms with Gasteiger partial charge in [-0.15, -0.1) is 0 Å². The molecule has 0 unspecified atom stereocenters. The third-order valence-electron chi connectivity index (χ3n) is 5.97. The Bertz CT molecular complexity index is 877. The standard InChI is InChI=1S/C25H33N3O2/c1-17(2)22(19-8-6-5-7-9-19)15-24(29)26-16-21(28(3)4)13-18-10-11-23-20(12-18)14-25(30)27-23/h5-12,17,21-22H,13-16H2,1-4H3,(H,26,29)(H,27,30)/t21-,22+/m0/s1. The highest BCUT2D eigenvalue weighted by Gasteiger charge is 2.22. The quantitative estimate of drug-likeness (QED) is 0.668. The van der Waals surface area contributed by atoms with Gasteiger partial charge in [0.1, 0.15) is 0 Å². The zero-order chi connectivity index (χ0) is 21.7. The normalized spacial score (nSPS) is 15.1. The number of nitrogens with one attached hydrogen (secondary N) is 2. The number of likely N-dealkylation sites (N-methyl/N-ethyl adjacent to an activating group) is 1. The lowest BCUT2D eigenvalue weighted by atomic mass is 9.85. The van der Waals surface area contributed by atoms with Crippen LogP contribution in [0.1, 0.15) is 42.9 Å². The van der Waals surface area contributed by atoms with Crippen LogP contribution in [0.15, 0.2) is 48.5 Å². The monoisotopic (exact) mass is 407 g/mol. The number of fused-ring (bicyclic) bond motifs is 1. The van der Waals surface area contributed by atoms with Gasteiger partial charge in [-0.05, 0) is 55.1 Å². The summed E-state index contributed by atoms with van der Waals surface area (Å²) in [5.41, 5.74) is 4.37. The molecule has 2 aromatic carbocycles. The number of benzene rings is 2. The Morgan fingerprint density at radius 2 is 1.87 bits per heavy atom. The number of carbonyl (C=O) groups is 2. The van der Waals surface area contributed by atoms with Crippen molar-refractivity contribution in [3.05, 3.63) is 65.2 Å². The molecule has 0 saturated heterocycles. The highest BCUT2D eigenvalue weighted by atomic mass is 16.2. The first-order chi connectivity index (χ1) is 14.3. The fourth-order valence-corrected chi connectivity index (χ4v) is 4.06. The lowest BCUT2D eigenvalue weighted by Crippen LogP contribution is -2.42. The van der Waals surface area contributed by atoms with E-state index in [0.29, 0.717) is 25.3 Å². The number of carbonyl (C=O) groups excluding carboxylic acids is 2. The Morgan fingerprint density at radius 3 is 2.53 bits per heavy atom. The van der Waals surface area contributed by atoms with Crippen molar-refractivity contribution in [3.8, 4) is 0 Å². The molecule has 2 aromatic rings. The Morgan fingerprint density at radius 1 is 1.13 bits per heavy atom. The SMILES string of the molecule is CC(C)[C@@H](CC(=O)NC[C@H](Cc1ccc2c(c1)CC(=O)N2)N(C)C)c1ccccc1. The van der Waals surface area contributed by atoms with Crippen LogP contribution in [0.25, 0.3) is 0 Å². The molecular weight excluding hydrogens is 374 g/mol. The van der Waals surface area contributed by atoms with Crippen molar-refractivity contribution in [2.24, 2.45) is 5.92 Å². The number of rotatable bonds is 9. The Labute approximate surface area is 179 Å². The molecule has 0 aromatic heterocycles. The molecule has 1 aliphatic heterocycles. The molecule has 0 bridgehead atoms. The van der Waals surface area contributed by atoms with Gasteiger partial charge >= 0.3 is 0 Å². The van der Waals surface area contributed by atoms with Gasteiger partial charge in [-0.3, -0.25) is 9.59 Å². The molecule has 1 aliphatic rings. The van der Waals surface area contributed by atoms with Crippen molar-refractivity contribution in [2.45, 2.75) is 45.1 Å². The molecule has 3 rings (SSSR count). The van der Waals surface area contributed by atoms with Crippen molar-refractivity contribution in [3.63, 3.8) is 0 Å². The summed E-state index contributed by atoms with van der Waals surface area (Å²) in [7, 11) is 4.08. The number of hydrogen-bond acceptors (Lipinski definition) is 3. The maximum atomic E-state index is 12.7. The third kappa shape index (κ3) is 5.70. The number of hydrogen-bond donors (Lipinski definition) is 2. The predicted molar refractivity (Wildman–Crippen MR) is 122 cm³/mol. The summed E-state index contributed by atoms with van der Waals surface area (Å²) >= 11 is 0. The van der Waals surface area contributed by atoms with Crippen molar-refractivity contribution in [2.75, 3.05) is 26.0 Å². The predicted octanol–water partition coefficient (Wildman–Crippen LogP) is 3.60. The van der Waals surface area contributed by atoms with E-state index in [4.69, 9.17) is 0 Å². The lowest BCUT2D eigenvalue weighted by molar-refractivity contribution is -0.122. The summed E-state index contributed by atoms with van der Waals surface area (Å²) in [6.45, 7) is 4.93. The Kier molecular flexibility index (Phi) is 7.27. The largest absolute Gasteiger partial charge is 0.355 e. The van der Waals surface area contributed by atoms with E-state index in [0.717, 1.165) is 17.7 Å². The summed E-state index contributed by atoms with van der Waals surface area (Å²) in [6, 6.07) is 16.6. The maximum absolute atomic E-state index is 12.7. The second kappa shape index (κ2) is 9.90. The van der Waals surface area contributed by atoms with Crippen LogP contribution in [0, 0.1) is 5.92 Å². The molecule has 0 fully saturated rings. The second-order valence-corrected chi connectivity index (χ2v) is 8.81. The Hall–Kier alpha value is -2.66. The second-order valence-electron chi connectivity index (χ2n) is 8.81. The zero-order valence-corrected chi connectivity index (χ0v) is 18.4. The molecule has 0 spiro atoms. The summed E-state index contributed by atoms with van der Waals surface area (Å²) in [5.74, 6) is 0.751. The topological polar surface area (TPSA) is 61.4 Å². The summed E-state index contributed by atoms with van der Waals surface area (Å²) in [4.78, 5) is 26.5. The van der Waals surface area contributed by atoms with Crippen LogP contribution in [-0.2, 0) is 22.4 Å². The minimum absolute atomic E-state index is 0.0525. The van der Waals surface area contributed by atoms with Crippen LogP contribution in [-0.4, -0.2) is 43.4 Å². The highest BCUT2D eigenvalue weighted by molar-refractivity contribution is 5.99. The minimum Gasteiger partial charge on any atom is -0.355 e. The third-order valence-corrected chi connectivity index (χ3v) is 5.97. The molecule has 1 heterocycles. The first kappa shape index (κ1) is 22.0. The van der Waals surface area contributed by atoms with Gasteiger partial charge in [-0.1, -0.05) is 56.3 Å². The molecule has 0 radical (unpaired) electrons. The average molecular weight is 408 g/mol. The highest BCUT2D eigenvalue weighted by Crippen LogP contribution is 2.28. The average Bonchev–Trinajstić information content (AvgIpc) is 3.08. The van der Waals surface area contributed by atoms with Crippen LogP contribution in [0.2, 0.25) is 0 Å². The molecule has 0 aliphatic carbocycles. The van der Waals surface area contributed by atoms with Crippen molar-refractivity contribution in [1.82, 2.24) is 10.2 Å². The van der Waals surface area contributed by atoms with Crippen LogP contribution in [0.4, 0.5) is 5.69 Å². The van der Waals surface area contributed by atoms with Gasteiger partial charge < -0.3 is 15.5 Å². The first-order valence-corrected chi connectivity index (χ1v) is 10.7. The van der Waals surface area contributed by atoms with Gasteiger partial charge in [-0.2, -0.15) is 0 Å². The molecule has 0 saturated carbocycles. The van der Waals surface area contributed by atoms with Crippen LogP contribution < -0.4 is 10.6 Å². The lowest BCUT2D eigenvalue weighted by Gasteiger charge is -2.26. The van der Waals surface area contributed by atoms with E-state index in [9.17, 15) is 9.59 Å². The molecule has 30 heavy (non-hydrogen) atoms. The van der Waals surface area contributed by atoms with E-state index in [1.807, 2.05) is 38.4 Å². The van der Waals surface area contributed by atoms with E-state index >= 15 is 0 Å². The fourth-order valence-electron chi connectivity index (χ4n) is 4.06. The summed E-state index contributed by atoms with van der Waals surface area (Å²) < 4.78 is 0. The van der Waals surface area contributed by atoms with Crippen molar-refractivity contribution in [1.29, 1.82) is 0 Å². The zero-order valence-electron chi connectivity index (χ0n) is 18.4. The van der Waals surface area contributed by atoms with Gasteiger partial charge in [0.25, 0.3) is 0 Å². The summed E-state index contributed by atoms with van der Waals surface area (Å²) in [5, 5.41) is 6.03. The van der Waals surface area contributed by atoms with Gasteiger partial charge in [0, 0.05) is 24.7 Å². The van der Waals surface area contributed by atoms with E-state index in [2.05, 4.69) is 53.6 Å². The molecule has 2 amide bonds. The van der Waals surface area contributed by atoms with Gasteiger partial charge in [-0.25, -0.2) is 0 Å². The minimum atomic E-state index is 0.0525. The van der Waals surface area contributed by atoms with E-state index < -0.39 is 0 Å². The molecule has 160 valence electrons. The van der Waals surface area contributed by atoms with Crippen LogP contribution >= 0.6 is 0 Å².